The monoisotopic (exact) mass is 433 g/mol. The average molecular weight is 434 g/mol. The highest BCUT2D eigenvalue weighted by molar-refractivity contribution is 8.04. The van der Waals surface area contributed by atoms with Gasteiger partial charge in [0.2, 0.25) is 0 Å². The third-order valence-corrected chi connectivity index (χ3v) is 6.31. The summed E-state index contributed by atoms with van der Waals surface area (Å²) in [6, 6.07) is 24.9. The minimum Gasteiger partial charge on any atom is -0.274 e. The first-order valence-electron chi connectivity index (χ1n) is 9.68. The van der Waals surface area contributed by atoms with Gasteiger partial charge in [-0.1, -0.05) is 83.5 Å². The van der Waals surface area contributed by atoms with Crippen molar-refractivity contribution in [1.82, 2.24) is 4.90 Å². The molecule has 1 aliphatic rings. The summed E-state index contributed by atoms with van der Waals surface area (Å²) in [6.45, 7) is 2.32. The van der Waals surface area contributed by atoms with Gasteiger partial charge < -0.3 is 0 Å². The summed E-state index contributed by atoms with van der Waals surface area (Å²) in [7, 11) is 0. The lowest BCUT2D eigenvalue weighted by Crippen LogP contribution is -2.33. The molecule has 0 unspecified atom stereocenters. The standard InChI is InChI=1S/C25H20ClNO2S/c1-17-7-11-19(12-8-17)22-23(30-21-5-3-2-4-6-21)25(29)27(24(22)28)16-15-18-9-13-20(26)14-10-18/h2-14H,15-16H2,1H3. The summed E-state index contributed by atoms with van der Waals surface area (Å²) in [4.78, 5) is 29.3. The molecule has 3 aromatic rings. The minimum atomic E-state index is -0.240. The van der Waals surface area contributed by atoms with Crippen LogP contribution in [0.2, 0.25) is 5.02 Å². The first kappa shape index (κ1) is 20.5. The lowest BCUT2D eigenvalue weighted by atomic mass is 10.0. The van der Waals surface area contributed by atoms with Gasteiger partial charge in [0.15, 0.2) is 0 Å². The molecule has 2 amide bonds. The van der Waals surface area contributed by atoms with Crippen molar-refractivity contribution in [3.8, 4) is 0 Å². The van der Waals surface area contributed by atoms with E-state index >= 15 is 0 Å². The predicted molar refractivity (Wildman–Crippen MR) is 122 cm³/mol. The van der Waals surface area contributed by atoms with E-state index in [4.69, 9.17) is 11.6 Å². The van der Waals surface area contributed by atoms with E-state index < -0.39 is 0 Å². The molecule has 0 aromatic heterocycles. The molecule has 4 rings (SSSR count). The number of benzene rings is 3. The van der Waals surface area contributed by atoms with E-state index in [0.717, 1.165) is 21.6 Å². The minimum absolute atomic E-state index is 0.238. The van der Waals surface area contributed by atoms with Gasteiger partial charge in [0.05, 0.1) is 10.5 Å². The zero-order valence-corrected chi connectivity index (χ0v) is 18.0. The zero-order chi connectivity index (χ0) is 21.1. The Hall–Kier alpha value is -2.82. The van der Waals surface area contributed by atoms with Crippen LogP contribution in [-0.2, 0) is 16.0 Å². The van der Waals surface area contributed by atoms with Gasteiger partial charge in [-0.05, 0) is 48.7 Å². The second kappa shape index (κ2) is 8.90. The van der Waals surface area contributed by atoms with E-state index in [9.17, 15) is 9.59 Å². The molecule has 0 radical (unpaired) electrons. The SMILES string of the molecule is Cc1ccc(C2=C(Sc3ccccc3)C(=O)N(CCc3ccc(Cl)cc3)C2=O)cc1. The molecule has 1 aliphatic heterocycles. The Labute approximate surface area is 185 Å². The quantitative estimate of drug-likeness (QED) is 0.463. The molecule has 0 spiro atoms. The number of carbonyl (C=O) groups excluding carboxylic acids is 2. The maximum Gasteiger partial charge on any atom is 0.268 e. The summed E-state index contributed by atoms with van der Waals surface area (Å²) in [5, 5.41) is 0.664. The number of hydrogen-bond donors (Lipinski definition) is 0. The highest BCUT2D eigenvalue weighted by Gasteiger charge is 2.39. The third-order valence-electron chi connectivity index (χ3n) is 4.97. The van der Waals surface area contributed by atoms with Crippen LogP contribution in [0, 0.1) is 6.92 Å². The highest BCUT2D eigenvalue weighted by Crippen LogP contribution is 2.39. The van der Waals surface area contributed by atoms with Crippen molar-refractivity contribution >= 4 is 40.8 Å². The van der Waals surface area contributed by atoms with E-state index in [0.29, 0.717) is 28.5 Å². The van der Waals surface area contributed by atoms with Crippen molar-refractivity contribution < 1.29 is 9.59 Å². The van der Waals surface area contributed by atoms with Crippen LogP contribution in [0.3, 0.4) is 0 Å². The second-order valence-corrected chi connectivity index (χ2v) is 8.64. The van der Waals surface area contributed by atoms with Gasteiger partial charge in [-0.15, -0.1) is 0 Å². The summed E-state index contributed by atoms with van der Waals surface area (Å²) in [5.74, 6) is -0.477. The van der Waals surface area contributed by atoms with E-state index in [1.54, 1.807) is 0 Å². The first-order valence-corrected chi connectivity index (χ1v) is 10.9. The molecular weight excluding hydrogens is 414 g/mol. The molecule has 1 heterocycles. The van der Waals surface area contributed by atoms with Gasteiger partial charge in [0.1, 0.15) is 0 Å². The van der Waals surface area contributed by atoms with Crippen LogP contribution >= 0.6 is 23.4 Å². The Morgan fingerprint density at radius 2 is 1.50 bits per heavy atom. The van der Waals surface area contributed by atoms with Crippen molar-refractivity contribution in [2.24, 2.45) is 0 Å². The average Bonchev–Trinajstić information content (AvgIpc) is 2.98. The fourth-order valence-corrected chi connectivity index (χ4v) is 4.48. The molecule has 0 saturated carbocycles. The molecule has 0 aliphatic carbocycles. The molecule has 0 N–H and O–H groups in total. The van der Waals surface area contributed by atoms with Crippen molar-refractivity contribution in [1.29, 1.82) is 0 Å². The van der Waals surface area contributed by atoms with Crippen LogP contribution in [-0.4, -0.2) is 23.3 Å². The number of rotatable bonds is 6. The Morgan fingerprint density at radius 3 is 2.17 bits per heavy atom. The second-order valence-electron chi connectivity index (χ2n) is 7.12. The largest absolute Gasteiger partial charge is 0.274 e. The van der Waals surface area contributed by atoms with Crippen LogP contribution < -0.4 is 0 Å². The summed E-state index contributed by atoms with van der Waals surface area (Å²) < 4.78 is 0. The first-order chi connectivity index (χ1) is 14.5. The molecule has 3 aromatic carbocycles. The number of hydrogen-bond acceptors (Lipinski definition) is 3. The number of imide groups is 1. The van der Waals surface area contributed by atoms with Crippen LogP contribution in [0.5, 0.6) is 0 Å². The molecule has 5 heteroatoms. The summed E-state index contributed by atoms with van der Waals surface area (Å²) in [6.07, 6.45) is 0.582. The van der Waals surface area contributed by atoms with Gasteiger partial charge in [-0.25, -0.2) is 0 Å². The van der Waals surface area contributed by atoms with E-state index in [2.05, 4.69) is 0 Å². The topological polar surface area (TPSA) is 37.4 Å². The Kier molecular flexibility index (Phi) is 6.07. The van der Waals surface area contributed by atoms with Gasteiger partial charge in [-0.2, -0.15) is 0 Å². The van der Waals surface area contributed by atoms with Crippen LogP contribution in [0.1, 0.15) is 16.7 Å². The van der Waals surface area contributed by atoms with Crippen LogP contribution in [0.15, 0.2) is 88.7 Å². The maximum absolute atomic E-state index is 13.3. The fourth-order valence-electron chi connectivity index (χ4n) is 3.32. The summed E-state index contributed by atoms with van der Waals surface area (Å²) >= 11 is 7.30. The number of aryl methyl sites for hydroxylation is 1. The Morgan fingerprint density at radius 1 is 0.833 bits per heavy atom. The van der Waals surface area contributed by atoms with E-state index in [-0.39, 0.29) is 11.8 Å². The lowest BCUT2D eigenvalue weighted by Gasteiger charge is -2.15. The van der Waals surface area contributed by atoms with Gasteiger partial charge in [-0.3, -0.25) is 14.5 Å². The molecular formula is C25H20ClNO2S. The molecule has 150 valence electrons. The third kappa shape index (κ3) is 4.35. The Bertz CT molecular complexity index is 1110. The summed E-state index contributed by atoms with van der Waals surface area (Å²) in [5.41, 5.74) is 3.38. The van der Waals surface area contributed by atoms with Gasteiger partial charge in [0, 0.05) is 16.5 Å². The van der Waals surface area contributed by atoms with Crippen molar-refractivity contribution in [3.05, 3.63) is 105 Å². The highest BCUT2D eigenvalue weighted by atomic mass is 35.5. The number of thioether (sulfide) groups is 1. The van der Waals surface area contributed by atoms with Crippen molar-refractivity contribution in [2.75, 3.05) is 6.54 Å². The fraction of sp³-hybridized carbons (Fsp3) is 0.120. The zero-order valence-electron chi connectivity index (χ0n) is 16.5. The van der Waals surface area contributed by atoms with Crippen molar-refractivity contribution in [3.63, 3.8) is 0 Å². The Balaban J connectivity index is 1.64. The number of carbonyl (C=O) groups is 2. The molecule has 0 atom stereocenters. The van der Waals surface area contributed by atoms with Gasteiger partial charge in [0.25, 0.3) is 11.8 Å². The lowest BCUT2D eigenvalue weighted by molar-refractivity contribution is -0.136. The molecule has 3 nitrogen and oxygen atoms in total. The van der Waals surface area contributed by atoms with E-state index in [1.165, 1.54) is 16.7 Å². The smallest absolute Gasteiger partial charge is 0.268 e. The molecule has 0 fully saturated rings. The van der Waals surface area contributed by atoms with Crippen LogP contribution in [0.4, 0.5) is 0 Å². The maximum atomic E-state index is 13.3. The predicted octanol–water partition coefficient (Wildman–Crippen LogP) is 5.76. The number of amides is 2. The van der Waals surface area contributed by atoms with Crippen molar-refractivity contribution in [2.45, 2.75) is 18.2 Å². The molecule has 0 saturated heterocycles. The molecule has 30 heavy (non-hydrogen) atoms. The van der Waals surface area contributed by atoms with Gasteiger partial charge >= 0.3 is 0 Å². The normalized spacial score (nSPS) is 14.0. The van der Waals surface area contributed by atoms with Crippen LogP contribution in [0.25, 0.3) is 5.57 Å². The molecule has 0 bridgehead atoms. The van der Waals surface area contributed by atoms with E-state index in [1.807, 2.05) is 85.8 Å². The number of nitrogens with zero attached hydrogens (tertiary/aromatic N) is 1. The number of halogens is 1.